The number of amides is 2. The predicted octanol–water partition coefficient (Wildman–Crippen LogP) is 3.97. The zero-order valence-corrected chi connectivity index (χ0v) is 20.4. The zero-order valence-electron chi connectivity index (χ0n) is 17.2. The molecule has 1 heterocycles. The summed E-state index contributed by atoms with van der Waals surface area (Å²) in [6, 6.07) is 8.69. The van der Waals surface area contributed by atoms with Crippen LogP contribution in [0.15, 0.2) is 39.7 Å². The van der Waals surface area contributed by atoms with Gasteiger partial charge in [0.05, 0.1) is 28.8 Å². The second-order valence-corrected chi connectivity index (χ2v) is 8.92. The first kappa shape index (κ1) is 24.1. The molecule has 2 aromatic carbocycles. The number of anilines is 1. The first-order chi connectivity index (χ1) is 15.3. The van der Waals surface area contributed by atoms with Crippen LogP contribution in [-0.2, 0) is 9.59 Å². The van der Waals surface area contributed by atoms with Crippen LogP contribution in [0.3, 0.4) is 0 Å². The number of nitrogens with two attached hydrogens (primary N) is 1. The SMILES string of the molecule is CCOc1cc(/C=C2\SC(Nc3cc(Cl)ccc3OC)NC2=O)cc(Br)c1OCC(N)=O. The fourth-order valence-electron chi connectivity index (χ4n) is 2.87. The molecule has 0 radical (unpaired) electrons. The Morgan fingerprint density at radius 1 is 1.31 bits per heavy atom. The van der Waals surface area contributed by atoms with E-state index in [1.165, 1.54) is 11.8 Å². The lowest BCUT2D eigenvalue weighted by Crippen LogP contribution is -2.31. The number of nitrogens with one attached hydrogen (secondary N) is 2. The van der Waals surface area contributed by atoms with Crippen molar-refractivity contribution < 1.29 is 23.8 Å². The third-order valence-electron chi connectivity index (χ3n) is 4.17. The standard InChI is InChI=1S/C21H21BrClN3O5S/c1-3-30-16-7-11(6-13(22)19(16)31-10-18(24)27)8-17-20(28)26-21(32-17)25-14-9-12(23)4-5-15(14)29-2/h4-9,21,25H,3,10H2,1-2H3,(H2,24,27)(H,26,28)/b17-8-. The van der Waals surface area contributed by atoms with Crippen LogP contribution in [0.25, 0.3) is 6.08 Å². The number of hydrogen-bond acceptors (Lipinski definition) is 7. The van der Waals surface area contributed by atoms with Gasteiger partial charge in [0.1, 0.15) is 5.75 Å². The van der Waals surface area contributed by atoms with E-state index in [0.717, 1.165) is 0 Å². The van der Waals surface area contributed by atoms with Crippen molar-refractivity contribution in [3.8, 4) is 17.2 Å². The lowest BCUT2D eigenvalue weighted by Gasteiger charge is -2.16. The minimum absolute atomic E-state index is 0.225. The van der Waals surface area contributed by atoms with Gasteiger partial charge >= 0.3 is 0 Å². The number of benzene rings is 2. The highest BCUT2D eigenvalue weighted by atomic mass is 79.9. The van der Waals surface area contributed by atoms with Gasteiger partial charge in [0.2, 0.25) is 0 Å². The monoisotopic (exact) mass is 541 g/mol. The molecule has 170 valence electrons. The van der Waals surface area contributed by atoms with E-state index in [0.29, 0.717) is 49.5 Å². The smallest absolute Gasteiger partial charge is 0.260 e. The van der Waals surface area contributed by atoms with Gasteiger partial charge < -0.3 is 30.6 Å². The second kappa shape index (κ2) is 10.8. The summed E-state index contributed by atoms with van der Waals surface area (Å²) in [6.07, 6.45) is 1.74. The molecule has 0 aromatic heterocycles. The van der Waals surface area contributed by atoms with Crippen LogP contribution in [-0.4, -0.2) is 37.6 Å². The van der Waals surface area contributed by atoms with Crippen LogP contribution in [0.2, 0.25) is 5.02 Å². The molecule has 2 aromatic rings. The average molecular weight is 543 g/mol. The molecule has 0 aliphatic carbocycles. The van der Waals surface area contributed by atoms with Crippen LogP contribution in [0.1, 0.15) is 12.5 Å². The topological polar surface area (TPSA) is 112 Å². The molecule has 1 aliphatic rings. The van der Waals surface area contributed by atoms with Crippen molar-refractivity contribution in [2.75, 3.05) is 25.6 Å². The van der Waals surface area contributed by atoms with E-state index in [-0.39, 0.29) is 12.5 Å². The van der Waals surface area contributed by atoms with Gasteiger partial charge in [-0.2, -0.15) is 0 Å². The molecular weight excluding hydrogens is 522 g/mol. The highest BCUT2D eigenvalue weighted by molar-refractivity contribution is 9.10. The maximum atomic E-state index is 12.5. The quantitative estimate of drug-likeness (QED) is 0.411. The molecule has 1 fully saturated rings. The number of thioether (sulfide) groups is 1. The van der Waals surface area contributed by atoms with Crippen molar-refractivity contribution in [2.45, 2.75) is 12.4 Å². The molecule has 1 atom stereocenters. The van der Waals surface area contributed by atoms with Crippen LogP contribution in [0, 0.1) is 0 Å². The van der Waals surface area contributed by atoms with Gasteiger partial charge in [-0.05, 0) is 64.8 Å². The minimum Gasteiger partial charge on any atom is -0.495 e. The van der Waals surface area contributed by atoms with E-state index in [1.807, 2.05) is 6.92 Å². The Morgan fingerprint density at radius 2 is 2.09 bits per heavy atom. The van der Waals surface area contributed by atoms with Crippen molar-refractivity contribution >= 4 is 62.9 Å². The highest BCUT2D eigenvalue weighted by Crippen LogP contribution is 2.39. The van der Waals surface area contributed by atoms with Crippen molar-refractivity contribution in [3.05, 3.63) is 50.3 Å². The van der Waals surface area contributed by atoms with Crippen LogP contribution >= 0.6 is 39.3 Å². The number of methoxy groups -OCH3 is 1. The first-order valence-corrected chi connectivity index (χ1v) is 11.5. The molecule has 1 unspecified atom stereocenters. The fraction of sp³-hybridized carbons (Fsp3) is 0.238. The van der Waals surface area contributed by atoms with Crippen LogP contribution < -0.4 is 30.6 Å². The molecular formula is C21H21BrClN3O5S. The molecule has 1 saturated heterocycles. The van der Waals surface area contributed by atoms with Crippen molar-refractivity contribution in [1.29, 1.82) is 0 Å². The number of carbonyl (C=O) groups excluding carboxylic acids is 2. The van der Waals surface area contributed by atoms with E-state index < -0.39 is 11.4 Å². The van der Waals surface area contributed by atoms with Gasteiger partial charge in [0, 0.05) is 5.02 Å². The normalized spacial score (nSPS) is 16.6. The number of primary amides is 1. The number of halogens is 2. The average Bonchev–Trinajstić information content (AvgIpc) is 3.06. The molecule has 1 aliphatic heterocycles. The Balaban J connectivity index is 1.81. The Morgan fingerprint density at radius 3 is 2.78 bits per heavy atom. The molecule has 3 rings (SSSR count). The lowest BCUT2D eigenvalue weighted by atomic mass is 10.2. The lowest BCUT2D eigenvalue weighted by molar-refractivity contribution is -0.120. The number of hydrogen-bond donors (Lipinski definition) is 3. The van der Waals surface area contributed by atoms with E-state index in [2.05, 4.69) is 26.6 Å². The van der Waals surface area contributed by atoms with E-state index in [1.54, 1.807) is 43.5 Å². The molecule has 0 bridgehead atoms. The summed E-state index contributed by atoms with van der Waals surface area (Å²) in [6.45, 7) is 1.94. The van der Waals surface area contributed by atoms with Crippen molar-refractivity contribution in [2.24, 2.45) is 5.73 Å². The summed E-state index contributed by atoms with van der Waals surface area (Å²) >= 11 is 10.8. The molecule has 4 N–H and O–H groups in total. The number of ether oxygens (including phenoxy) is 3. The molecule has 0 saturated carbocycles. The molecule has 2 amide bonds. The van der Waals surface area contributed by atoms with Gasteiger partial charge in [-0.25, -0.2) is 0 Å². The third-order valence-corrected chi connectivity index (χ3v) is 6.02. The molecule has 8 nitrogen and oxygen atoms in total. The van der Waals surface area contributed by atoms with E-state index >= 15 is 0 Å². The van der Waals surface area contributed by atoms with E-state index in [9.17, 15) is 9.59 Å². The minimum atomic E-state index is -0.598. The Hall–Kier alpha value is -2.56. The predicted molar refractivity (Wildman–Crippen MR) is 129 cm³/mol. The zero-order chi connectivity index (χ0) is 23.3. The van der Waals surface area contributed by atoms with Crippen LogP contribution in [0.5, 0.6) is 17.2 Å². The van der Waals surface area contributed by atoms with Gasteiger partial charge in [-0.15, -0.1) is 0 Å². The van der Waals surface area contributed by atoms with Gasteiger partial charge in [0.25, 0.3) is 11.8 Å². The van der Waals surface area contributed by atoms with Crippen molar-refractivity contribution in [3.63, 3.8) is 0 Å². The van der Waals surface area contributed by atoms with Crippen molar-refractivity contribution in [1.82, 2.24) is 5.32 Å². The number of rotatable bonds is 9. The van der Waals surface area contributed by atoms with Gasteiger partial charge in [-0.3, -0.25) is 9.59 Å². The summed E-state index contributed by atoms with van der Waals surface area (Å²) in [5.41, 5.74) is 6.13. The summed E-state index contributed by atoms with van der Waals surface area (Å²) in [4.78, 5) is 24.1. The Labute approximate surface area is 202 Å². The summed E-state index contributed by atoms with van der Waals surface area (Å²) < 4.78 is 17.0. The highest BCUT2D eigenvalue weighted by Gasteiger charge is 2.28. The number of carbonyl (C=O) groups is 2. The third kappa shape index (κ3) is 6.02. The van der Waals surface area contributed by atoms with E-state index in [4.69, 9.17) is 31.5 Å². The van der Waals surface area contributed by atoms with Gasteiger partial charge in [0.15, 0.2) is 23.6 Å². The first-order valence-electron chi connectivity index (χ1n) is 9.47. The second-order valence-electron chi connectivity index (χ2n) is 6.49. The summed E-state index contributed by atoms with van der Waals surface area (Å²) in [7, 11) is 1.56. The Kier molecular flexibility index (Phi) is 8.16. The summed E-state index contributed by atoms with van der Waals surface area (Å²) in [5.74, 6) is 0.579. The summed E-state index contributed by atoms with van der Waals surface area (Å²) in [5, 5.41) is 6.63. The molecule has 32 heavy (non-hydrogen) atoms. The molecule has 0 spiro atoms. The maximum Gasteiger partial charge on any atom is 0.260 e. The maximum absolute atomic E-state index is 12.5. The Bertz CT molecular complexity index is 1070. The largest absolute Gasteiger partial charge is 0.495 e. The van der Waals surface area contributed by atoms with Gasteiger partial charge in [-0.1, -0.05) is 23.4 Å². The van der Waals surface area contributed by atoms with Crippen LogP contribution in [0.4, 0.5) is 5.69 Å². The molecule has 11 heteroatoms. The fourth-order valence-corrected chi connectivity index (χ4v) is 4.59.